The highest BCUT2D eigenvalue weighted by Gasteiger charge is 2.20. The van der Waals surface area contributed by atoms with Crippen molar-refractivity contribution < 1.29 is 9.59 Å². The van der Waals surface area contributed by atoms with E-state index in [1.54, 1.807) is 31.3 Å². The number of rotatable bonds is 4. The maximum absolute atomic E-state index is 11.8. The van der Waals surface area contributed by atoms with E-state index in [4.69, 9.17) is 5.26 Å². The van der Waals surface area contributed by atoms with Crippen molar-refractivity contribution in [1.82, 2.24) is 15.2 Å². The summed E-state index contributed by atoms with van der Waals surface area (Å²) in [5.41, 5.74) is 0.709. The Hall–Kier alpha value is -2.42. The van der Waals surface area contributed by atoms with E-state index in [-0.39, 0.29) is 13.1 Å². The van der Waals surface area contributed by atoms with Gasteiger partial charge in [0.2, 0.25) is 0 Å². The highest BCUT2D eigenvalue weighted by atomic mass is 16.2. The van der Waals surface area contributed by atoms with Crippen LogP contribution >= 0.6 is 0 Å². The van der Waals surface area contributed by atoms with E-state index in [1.165, 1.54) is 4.90 Å². The second kappa shape index (κ2) is 7.01. The third-order valence-corrected chi connectivity index (χ3v) is 2.27. The Kier molecular flexibility index (Phi) is 5.32. The van der Waals surface area contributed by atoms with Gasteiger partial charge in [0.25, 0.3) is 0 Å². The molecule has 0 aliphatic rings. The fourth-order valence-corrected chi connectivity index (χ4v) is 1.35. The van der Waals surface area contributed by atoms with Gasteiger partial charge in [-0.1, -0.05) is 6.07 Å². The first kappa shape index (κ1) is 13.6. The summed E-state index contributed by atoms with van der Waals surface area (Å²) in [6.07, 6.45) is 1.63. The normalized spacial score (nSPS) is 9.33. The first-order chi connectivity index (χ1) is 8.69. The Morgan fingerprint density at radius 3 is 2.83 bits per heavy atom. The van der Waals surface area contributed by atoms with Crippen molar-refractivity contribution in [2.45, 2.75) is 13.5 Å². The maximum Gasteiger partial charge on any atom is 0.312 e. The third-order valence-electron chi connectivity index (χ3n) is 2.27. The quantitative estimate of drug-likeness (QED) is 0.601. The molecule has 1 N–H and O–H groups in total. The molecule has 0 fully saturated rings. The summed E-state index contributed by atoms with van der Waals surface area (Å²) < 4.78 is 0. The molecule has 1 rings (SSSR count). The van der Waals surface area contributed by atoms with E-state index in [0.717, 1.165) is 0 Å². The molecule has 0 atom stereocenters. The molecule has 0 bridgehead atoms. The highest BCUT2D eigenvalue weighted by molar-refractivity contribution is 6.35. The minimum Gasteiger partial charge on any atom is -0.335 e. The van der Waals surface area contributed by atoms with Crippen molar-refractivity contribution in [3.63, 3.8) is 0 Å². The van der Waals surface area contributed by atoms with Gasteiger partial charge in [-0.2, -0.15) is 5.26 Å². The highest BCUT2D eigenvalue weighted by Crippen LogP contribution is 2.01. The fraction of sp³-hybridized carbons (Fsp3) is 0.333. The van der Waals surface area contributed by atoms with Crippen LogP contribution in [0, 0.1) is 11.3 Å². The minimum atomic E-state index is -0.769. The van der Waals surface area contributed by atoms with Crippen molar-refractivity contribution in [3.05, 3.63) is 30.1 Å². The molecule has 1 heterocycles. The molecule has 0 spiro atoms. The second-order valence-electron chi connectivity index (χ2n) is 3.48. The number of carbonyl (C=O) groups excluding carboxylic acids is 2. The van der Waals surface area contributed by atoms with Crippen LogP contribution < -0.4 is 5.32 Å². The lowest BCUT2D eigenvalue weighted by Crippen LogP contribution is -2.42. The van der Waals surface area contributed by atoms with Crippen molar-refractivity contribution in [2.75, 3.05) is 13.1 Å². The molecule has 0 saturated carbocycles. The van der Waals surface area contributed by atoms with Gasteiger partial charge >= 0.3 is 11.8 Å². The van der Waals surface area contributed by atoms with E-state index < -0.39 is 11.8 Å². The van der Waals surface area contributed by atoms with Gasteiger partial charge in [-0.05, 0) is 19.1 Å². The molecule has 6 heteroatoms. The van der Waals surface area contributed by atoms with Gasteiger partial charge in [0.1, 0.15) is 6.54 Å². The first-order valence-electron chi connectivity index (χ1n) is 5.53. The molecule has 0 radical (unpaired) electrons. The number of nitriles is 1. The van der Waals surface area contributed by atoms with E-state index in [2.05, 4.69) is 10.3 Å². The van der Waals surface area contributed by atoms with Crippen LogP contribution in [0.1, 0.15) is 12.6 Å². The van der Waals surface area contributed by atoms with Gasteiger partial charge in [0.15, 0.2) is 0 Å². The number of nitrogens with zero attached hydrogens (tertiary/aromatic N) is 3. The minimum absolute atomic E-state index is 0.175. The molecule has 0 aromatic carbocycles. The molecule has 0 saturated heterocycles. The van der Waals surface area contributed by atoms with Gasteiger partial charge in [-0.15, -0.1) is 0 Å². The molecule has 2 amide bonds. The Labute approximate surface area is 105 Å². The molecule has 0 unspecified atom stereocenters. The zero-order valence-electron chi connectivity index (χ0n) is 10.1. The van der Waals surface area contributed by atoms with Crippen LogP contribution in [0.3, 0.4) is 0 Å². The summed E-state index contributed by atoms with van der Waals surface area (Å²) in [5.74, 6) is -1.42. The van der Waals surface area contributed by atoms with Crippen LogP contribution in [-0.4, -0.2) is 34.8 Å². The van der Waals surface area contributed by atoms with Crippen LogP contribution in [-0.2, 0) is 16.1 Å². The molecular formula is C12H14N4O2. The molecule has 1 aromatic heterocycles. The Morgan fingerprint density at radius 2 is 2.28 bits per heavy atom. The standard InChI is InChI=1S/C12H14N4O2/c1-2-16(9-10-5-3-4-7-14-10)12(18)11(17)15-8-6-13/h3-5,7H,2,8-9H2,1H3,(H,15,17). The van der Waals surface area contributed by atoms with Crippen molar-refractivity contribution >= 4 is 11.8 Å². The number of likely N-dealkylation sites (N-methyl/N-ethyl adjacent to an activating group) is 1. The average Bonchev–Trinajstić information content (AvgIpc) is 2.42. The number of aromatic nitrogens is 1. The lowest BCUT2D eigenvalue weighted by molar-refractivity contribution is -0.146. The van der Waals surface area contributed by atoms with E-state index >= 15 is 0 Å². The van der Waals surface area contributed by atoms with E-state index in [9.17, 15) is 9.59 Å². The molecule has 94 valence electrons. The van der Waals surface area contributed by atoms with Crippen LogP contribution in [0.15, 0.2) is 24.4 Å². The number of carbonyl (C=O) groups is 2. The zero-order valence-corrected chi connectivity index (χ0v) is 10.1. The predicted molar refractivity (Wildman–Crippen MR) is 64.0 cm³/mol. The average molecular weight is 246 g/mol. The first-order valence-corrected chi connectivity index (χ1v) is 5.53. The maximum atomic E-state index is 11.8. The van der Waals surface area contributed by atoms with Crippen LogP contribution in [0.25, 0.3) is 0 Å². The number of amides is 2. The molecule has 6 nitrogen and oxygen atoms in total. The molecule has 0 aliphatic carbocycles. The SMILES string of the molecule is CCN(Cc1ccccn1)C(=O)C(=O)NCC#N. The van der Waals surface area contributed by atoms with Crippen LogP contribution in [0.5, 0.6) is 0 Å². The van der Waals surface area contributed by atoms with Gasteiger partial charge in [0, 0.05) is 12.7 Å². The summed E-state index contributed by atoms with van der Waals surface area (Å²) in [6, 6.07) is 7.12. The smallest absolute Gasteiger partial charge is 0.312 e. The summed E-state index contributed by atoms with van der Waals surface area (Å²) in [7, 11) is 0. The Bertz CT molecular complexity index is 453. The lowest BCUT2D eigenvalue weighted by Gasteiger charge is -2.19. The monoisotopic (exact) mass is 246 g/mol. The van der Waals surface area contributed by atoms with Gasteiger partial charge in [0.05, 0.1) is 18.3 Å². The number of hydrogen-bond acceptors (Lipinski definition) is 4. The zero-order chi connectivity index (χ0) is 13.4. The Morgan fingerprint density at radius 1 is 1.50 bits per heavy atom. The fourth-order valence-electron chi connectivity index (χ4n) is 1.35. The third kappa shape index (κ3) is 3.87. The summed E-state index contributed by atoms with van der Waals surface area (Å²) in [4.78, 5) is 28.6. The summed E-state index contributed by atoms with van der Waals surface area (Å²) >= 11 is 0. The molecular weight excluding hydrogens is 232 g/mol. The Balaban J connectivity index is 2.64. The lowest BCUT2D eigenvalue weighted by atomic mass is 10.3. The number of nitrogens with one attached hydrogen (secondary N) is 1. The van der Waals surface area contributed by atoms with Crippen molar-refractivity contribution in [2.24, 2.45) is 0 Å². The van der Waals surface area contributed by atoms with Gasteiger partial charge < -0.3 is 10.2 Å². The molecule has 0 aliphatic heterocycles. The summed E-state index contributed by atoms with van der Waals surface area (Å²) in [6.45, 7) is 2.27. The van der Waals surface area contributed by atoms with Crippen LogP contribution in [0.4, 0.5) is 0 Å². The molecule has 1 aromatic rings. The topological polar surface area (TPSA) is 86.1 Å². The van der Waals surface area contributed by atoms with Gasteiger partial charge in [-0.3, -0.25) is 14.6 Å². The van der Waals surface area contributed by atoms with E-state index in [1.807, 2.05) is 6.07 Å². The number of pyridine rings is 1. The van der Waals surface area contributed by atoms with Crippen molar-refractivity contribution in [1.29, 1.82) is 5.26 Å². The number of hydrogen-bond donors (Lipinski definition) is 1. The second-order valence-corrected chi connectivity index (χ2v) is 3.48. The summed E-state index contributed by atoms with van der Waals surface area (Å²) in [5, 5.41) is 10.5. The van der Waals surface area contributed by atoms with Gasteiger partial charge in [-0.25, -0.2) is 0 Å². The predicted octanol–water partition coefficient (Wildman–Crippen LogP) is 0.0699. The largest absolute Gasteiger partial charge is 0.335 e. The van der Waals surface area contributed by atoms with Crippen molar-refractivity contribution in [3.8, 4) is 6.07 Å². The molecule has 18 heavy (non-hydrogen) atoms. The van der Waals surface area contributed by atoms with E-state index in [0.29, 0.717) is 12.2 Å². The van der Waals surface area contributed by atoms with Crippen LogP contribution in [0.2, 0.25) is 0 Å².